The van der Waals surface area contributed by atoms with Crippen molar-refractivity contribution in [1.82, 2.24) is 19.9 Å². The second kappa shape index (κ2) is 4.76. The number of hydrogen-bond donors (Lipinski definition) is 1. The number of benzene rings is 1. The van der Waals surface area contributed by atoms with E-state index in [1.54, 1.807) is 4.57 Å². The maximum atomic E-state index is 11.8. The highest BCUT2D eigenvalue weighted by Gasteiger charge is 2.19. The van der Waals surface area contributed by atoms with Crippen molar-refractivity contribution in [2.24, 2.45) is 0 Å². The lowest BCUT2D eigenvalue weighted by molar-refractivity contribution is -0.119. The van der Waals surface area contributed by atoms with Gasteiger partial charge < -0.3 is 10.3 Å². The van der Waals surface area contributed by atoms with E-state index in [-0.39, 0.29) is 18.1 Å². The van der Waals surface area contributed by atoms with Crippen molar-refractivity contribution >= 4 is 22.6 Å². The first-order valence-electron chi connectivity index (χ1n) is 6.26. The summed E-state index contributed by atoms with van der Waals surface area (Å²) in [5.74, 6) is 0.752. The second-order valence-corrected chi connectivity index (χ2v) is 4.40. The topological polar surface area (TPSA) is 99.8 Å². The predicted molar refractivity (Wildman–Crippen MR) is 72.7 cm³/mol. The monoisotopic (exact) mass is 271 g/mol. The SMILES string of the molecule is CCC(=O)Cn1c(-c2nonc2N)nc2ccccc21. The zero-order valence-electron chi connectivity index (χ0n) is 10.9. The van der Waals surface area contributed by atoms with E-state index in [0.29, 0.717) is 17.9 Å². The number of imidazole rings is 1. The lowest BCUT2D eigenvalue weighted by Crippen LogP contribution is -2.10. The molecule has 3 aromatic rings. The van der Waals surface area contributed by atoms with Crippen LogP contribution in [0.25, 0.3) is 22.6 Å². The van der Waals surface area contributed by atoms with Crippen molar-refractivity contribution in [1.29, 1.82) is 0 Å². The molecule has 7 nitrogen and oxygen atoms in total. The average molecular weight is 271 g/mol. The molecular weight excluding hydrogens is 258 g/mol. The summed E-state index contributed by atoms with van der Waals surface area (Å²) < 4.78 is 6.41. The van der Waals surface area contributed by atoms with E-state index in [2.05, 4.69) is 19.9 Å². The molecular formula is C13H13N5O2. The van der Waals surface area contributed by atoms with E-state index < -0.39 is 0 Å². The van der Waals surface area contributed by atoms with Crippen molar-refractivity contribution in [2.45, 2.75) is 19.9 Å². The predicted octanol–water partition coefficient (Wildman–Crippen LogP) is 1.65. The standard InChI is InChI=1S/C13H13N5O2/c1-2-8(19)7-18-10-6-4-3-5-9(10)15-13(18)11-12(14)17-20-16-11/h3-6H,2,7H2,1H3,(H2,14,17). The molecule has 0 spiro atoms. The Balaban J connectivity index is 2.22. The fourth-order valence-corrected chi connectivity index (χ4v) is 2.06. The second-order valence-electron chi connectivity index (χ2n) is 4.40. The normalized spacial score (nSPS) is 11.1. The molecule has 0 saturated heterocycles. The lowest BCUT2D eigenvalue weighted by Gasteiger charge is -2.05. The zero-order valence-corrected chi connectivity index (χ0v) is 10.9. The molecule has 0 aliphatic rings. The van der Waals surface area contributed by atoms with Crippen LogP contribution in [0.5, 0.6) is 0 Å². The maximum Gasteiger partial charge on any atom is 0.199 e. The Labute approximate surface area is 114 Å². The third-order valence-corrected chi connectivity index (χ3v) is 3.11. The van der Waals surface area contributed by atoms with Gasteiger partial charge in [0.15, 0.2) is 23.1 Å². The first kappa shape index (κ1) is 12.3. The molecule has 0 bridgehead atoms. The minimum Gasteiger partial charge on any atom is -0.379 e. The fraction of sp³-hybridized carbons (Fsp3) is 0.231. The van der Waals surface area contributed by atoms with E-state index in [1.807, 2.05) is 31.2 Å². The number of ketones is 1. The van der Waals surface area contributed by atoms with Crippen molar-refractivity contribution in [3.63, 3.8) is 0 Å². The molecule has 0 saturated carbocycles. The summed E-state index contributed by atoms with van der Waals surface area (Å²) in [6, 6.07) is 7.55. The summed E-state index contributed by atoms with van der Waals surface area (Å²) in [5.41, 5.74) is 7.70. The molecule has 2 heterocycles. The first-order valence-corrected chi connectivity index (χ1v) is 6.26. The van der Waals surface area contributed by atoms with Gasteiger partial charge in [0.2, 0.25) is 0 Å². The largest absolute Gasteiger partial charge is 0.379 e. The number of fused-ring (bicyclic) bond motifs is 1. The molecule has 20 heavy (non-hydrogen) atoms. The number of hydrogen-bond acceptors (Lipinski definition) is 6. The zero-order chi connectivity index (χ0) is 14.1. The van der Waals surface area contributed by atoms with Crippen LogP contribution < -0.4 is 5.73 Å². The van der Waals surface area contributed by atoms with Crippen LogP contribution in [0.1, 0.15) is 13.3 Å². The van der Waals surface area contributed by atoms with E-state index in [1.165, 1.54) is 0 Å². The van der Waals surface area contributed by atoms with Gasteiger partial charge in [-0.15, -0.1) is 0 Å². The highest BCUT2D eigenvalue weighted by atomic mass is 16.6. The van der Waals surface area contributed by atoms with Gasteiger partial charge in [-0.25, -0.2) is 9.61 Å². The number of carbonyl (C=O) groups is 1. The number of nitrogens with zero attached hydrogens (tertiary/aromatic N) is 4. The highest BCUT2D eigenvalue weighted by molar-refractivity contribution is 5.85. The van der Waals surface area contributed by atoms with Gasteiger partial charge in [0.25, 0.3) is 0 Å². The molecule has 0 aliphatic carbocycles. The van der Waals surface area contributed by atoms with Crippen LogP contribution >= 0.6 is 0 Å². The molecule has 3 rings (SSSR count). The summed E-state index contributed by atoms with van der Waals surface area (Å²) >= 11 is 0. The van der Waals surface area contributed by atoms with E-state index >= 15 is 0 Å². The molecule has 0 amide bonds. The number of Topliss-reactive ketones (excluding diaryl/α,β-unsaturated/α-hetero) is 1. The summed E-state index contributed by atoms with van der Waals surface area (Å²) in [4.78, 5) is 16.3. The molecule has 0 unspecified atom stereocenters. The van der Waals surface area contributed by atoms with Crippen LogP contribution in [-0.2, 0) is 11.3 Å². The van der Waals surface area contributed by atoms with E-state index in [9.17, 15) is 4.79 Å². The van der Waals surface area contributed by atoms with Gasteiger partial charge >= 0.3 is 0 Å². The van der Waals surface area contributed by atoms with Crippen molar-refractivity contribution in [2.75, 3.05) is 5.73 Å². The number of nitrogens with two attached hydrogens (primary N) is 1. The summed E-state index contributed by atoms with van der Waals surface area (Å²) in [6.07, 6.45) is 0.457. The van der Waals surface area contributed by atoms with Gasteiger partial charge in [-0.05, 0) is 22.4 Å². The highest BCUT2D eigenvalue weighted by Crippen LogP contribution is 2.26. The number of rotatable bonds is 4. The Morgan fingerprint density at radius 1 is 1.35 bits per heavy atom. The fourth-order valence-electron chi connectivity index (χ4n) is 2.06. The van der Waals surface area contributed by atoms with Gasteiger partial charge in [0.1, 0.15) is 0 Å². The Kier molecular flexibility index (Phi) is 2.94. The molecule has 0 atom stereocenters. The number of carbonyl (C=O) groups excluding carboxylic acids is 1. The summed E-state index contributed by atoms with van der Waals surface area (Å²) in [6.45, 7) is 2.05. The average Bonchev–Trinajstić information content (AvgIpc) is 3.03. The first-order chi connectivity index (χ1) is 9.70. The van der Waals surface area contributed by atoms with Gasteiger partial charge in [0, 0.05) is 6.42 Å². The van der Waals surface area contributed by atoms with Crippen molar-refractivity contribution < 1.29 is 9.42 Å². The van der Waals surface area contributed by atoms with Gasteiger partial charge in [-0.2, -0.15) is 0 Å². The van der Waals surface area contributed by atoms with Crippen LogP contribution in [0.2, 0.25) is 0 Å². The Morgan fingerprint density at radius 3 is 2.85 bits per heavy atom. The number of para-hydroxylation sites is 2. The lowest BCUT2D eigenvalue weighted by atomic mass is 10.2. The third kappa shape index (κ3) is 1.93. The quantitative estimate of drug-likeness (QED) is 0.774. The Morgan fingerprint density at radius 2 is 2.15 bits per heavy atom. The molecule has 1 aromatic carbocycles. The molecule has 0 radical (unpaired) electrons. The van der Waals surface area contributed by atoms with Gasteiger partial charge in [-0.3, -0.25) is 4.79 Å². The van der Waals surface area contributed by atoms with E-state index in [0.717, 1.165) is 11.0 Å². The van der Waals surface area contributed by atoms with Crippen molar-refractivity contribution in [3.05, 3.63) is 24.3 Å². The van der Waals surface area contributed by atoms with Gasteiger partial charge in [0.05, 0.1) is 17.6 Å². The number of anilines is 1. The number of nitrogen functional groups attached to an aromatic ring is 1. The van der Waals surface area contributed by atoms with Crippen LogP contribution in [0, 0.1) is 0 Å². The van der Waals surface area contributed by atoms with Gasteiger partial charge in [-0.1, -0.05) is 19.1 Å². The summed E-state index contributed by atoms with van der Waals surface area (Å²) in [5, 5.41) is 7.33. The summed E-state index contributed by atoms with van der Waals surface area (Å²) in [7, 11) is 0. The van der Waals surface area contributed by atoms with Crippen LogP contribution in [0.3, 0.4) is 0 Å². The Hall–Kier alpha value is -2.70. The number of aromatic nitrogens is 4. The molecule has 0 fully saturated rings. The molecule has 2 N–H and O–H groups in total. The minimum absolute atomic E-state index is 0.101. The third-order valence-electron chi connectivity index (χ3n) is 3.11. The van der Waals surface area contributed by atoms with Crippen LogP contribution in [0.4, 0.5) is 5.82 Å². The van der Waals surface area contributed by atoms with Crippen LogP contribution in [-0.4, -0.2) is 25.6 Å². The smallest absolute Gasteiger partial charge is 0.199 e. The molecule has 0 aliphatic heterocycles. The van der Waals surface area contributed by atoms with Crippen LogP contribution in [0.15, 0.2) is 28.9 Å². The molecule has 102 valence electrons. The van der Waals surface area contributed by atoms with Crippen molar-refractivity contribution in [3.8, 4) is 11.5 Å². The minimum atomic E-state index is 0.101. The molecule has 7 heteroatoms. The Bertz CT molecular complexity index is 774. The van der Waals surface area contributed by atoms with E-state index in [4.69, 9.17) is 5.73 Å². The maximum absolute atomic E-state index is 11.8. The molecule has 2 aromatic heterocycles.